The van der Waals surface area contributed by atoms with Crippen molar-refractivity contribution < 1.29 is 9.90 Å². The minimum absolute atomic E-state index is 0.0286. The Morgan fingerprint density at radius 1 is 1.15 bits per heavy atom. The van der Waals surface area contributed by atoms with Gasteiger partial charge in [-0.2, -0.15) is 0 Å². The minimum Gasteiger partial charge on any atom is -0.392 e. The zero-order chi connectivity index (χ0) is 17.7. The first-order chi connectivity index (χ1) is 12.6. The van der Waals surface area contributed by atoms with Crippen LogP contribution in [0.15, 0.2) is 24.5 Å². The van der Waals surface area contributed by atoms with Gasteiger partial charge in [0.1, 0.15) is 0 Å². The summed E-state index contributed by atoms with van der Waals surface area (Å²) >= 11 is 0. The van der Waals surface area contributed by atoms with E-state index in [2.05, 4.69) is 14.8 Å². The van der Waals surface area contributed by atoms with Gasteiger partial charge < -0.3 is 10.0 Å². The summed E-state index contributed by atoms with van der Waals surface area (Å²) < 4.78 is 0. The van der Waals surface area contributed by atoms with Crippen LogP contribution in [0.1, 0.15) is 42.5 Å². The zero-order valence-electron chi connectivity index (χ0n) is 15.3. The third-order valence-corrected chi connectivity index (χ3v) is 6.95. The van der Waals surface area contributed by atoms with E-state index in [0.717, 1.165) is 45.2 Å². The van der Waals surface area contributed by atoms with Gasteiger partial charge in [0, 0.05) is 57.2 Å². The van der Waals surface area contributed by atoms with E-state index in [-0.39, 0.29) is 23.6 Å². The van der Waals surface area contributed by atoms with E-state index in [1.807, 2.05) is 17.0 Å². The first-order valence-corrected chi connectivity index (χ1v) is 10.0. The molecule has 4 aliphatic rings. The Morgan fingerprint density at radius 3 is 2.69 bits per heavy atom. The number of hydrogen-bond acceptors (Lipinski definition) is 5. The summed E-state index contributed by atoms with van der Waals surface area (Å²) in [7, 11) is 0. The Kier molecular flexibility index (Phi) is 4.03. The van der Waals surface area contributed by atoms with Gasteiger partial charge in [-0.1, -0.05) is 12.8 Å². The van der Waals surface area contributed by atoms with Gasteiger partial charge >= 0.3 is 0 Å². The number of hydrogen-bond donors (Lipinski definition) is 1. The molecule has 6 nitrogen and oxygen atoms in total. The molecule has 0 radical (unpaired) electrons. The number of pyridine rings is 1. The molecule has 0 bridgehead atoms. The number of carbonyl (C=O) groups is 1. The molecule has 1 N–H and O–H groups in total. The van der Waals surface area contributed by atoms with Gasteiger partial charge in [-0.15, -0.1) is 0 Å². The molecule has 1 aromatic rings. The average Bonchev–Trinajstić information content (AvgIpc) is 3.27. The summed E-state index contributed by atoms with van der Waals surface area (Å²) in [6.07, 6.45) is 9.23. The quantitative estimate of drug-likeness (QED) is 0.856. The fourth-order valence-electron chi connectivity index (χ4n) is 5.76. The highest BCUT2D eigenvalue weighted by atomic mass is 16.3. The average molecular weight is 356 g/mol. The lowest BCUT2D eigenvalue weighted by Gasteiger charge is -2.62. The van der Waals surface area contributed by atoms with Crippen LogP contribution < -0.4 is 0 Å². The summed E-state index contributed by atoms with van der Waals surface area (Å²) in [5, 5.41) is 10.3. The number of aliphatic hydroxyl groups is 1. The predicted molar refractivity (Wildman–Crippen MR) is 97.8 cm³/mol. The van der Waals surface area contributed by atoms with Crippen LogP contribution >= 0.6 is 0 Å². The molecular formula is C20H28N4O2. The number of amides is 1. The maximum atomic E-state index is 13.0. The van der Waals surface area contributed by atoms with Gasteiger partial charge in [0.25, 0.3) is 5.91 Å². The Balaban J connectivity index is 1.36. The van der Waals surface area contributed by atoms with Crippen LogP contribution in [-0.4, -0.2) is 87.1 Å². The number of aliphatic hydroxyl groups excluding tert-OH is 1. The van der Waals surface area contributed by atoms with Crippen LogP contribution in [0, 0.1) is 0 Å². The Bertz CT molecular complexity index is 670. The molecular weight excluding hydrogens is 328 g/mol. The molecule has 3 aliphatic heterocycles. The topological polar surface area (TPSA) is 59.9 Å². The molecule has 2 unspecified atom stereocenters. The van der Waals surface area contributed by atoms with Crippen LogP contribution in [0.3, 0.4) is 0 Å². The molecule has 1 aliphatic carbocycles. The fourth-order valence-corrected chi connectivity index (χ4v) is 5.76. The summed E-state index contributed by atoms with van der Waals surface area (Å²) in [5.74, 6) is 0.0813. The van der Waals surface area contributed by atoms with Crippen molar-refractivity contribution in [1.29, 1.82) is 0 Å². The van der Waals surface area contributed by atoms with Crippen LogP contribution in [0.25, 0.3) is 0 Å². The van der Waals surface area contributed by atoms with Crippen molar-refractivity contribution in [3.8, 4) is 0 Å². The van der Waals surface area contributed by atoms with Gasteiger partial charge in [0.2, 0.25) is 0 Å². The van der Waals surface area contributed by atoms with E-state index >= 15 is 0 Å². The van der Waals surface area contributed by atoms with Gasteiger partial charge in [-0.3, -0.25) is 19.6 Å². The Morgan fingerprint density at radius 2 is 1.96 bits per heavy atom. The first kappa shape index (κ1) is 16.7. The lowest BCUT2D eigenvalue weighted by Crippen LogP contribution is -2.79. The third kappa shape index (κ3) is 2.66. The molecule has 0 aromatic carbocycles. The number of likely N-dealkylation sites (tertiary alicyclic amines) is 1. The second kappa shape index (κ2) is 6.29. The second-order valence-corrected chi connectivity index (χ2v) is 8.69. The lowest BCUT2D eigenvalue weighted by atomic mass is 9.82. The summed E-state index contributed by atoms with van der Waals surface area (Å²) in [6.45, 7) is 4.33. The van der Waals surface area contributed by atoms with Gasteiger partial charge in [0.05, 0.1) is 17.2 Å². The predicted octanol–water partition coefficient (Wildman–Crippen LogP) is 0.970. The van der Waals surface area contributed by atoms with Crippen molar-refractivity contribution >= 4 is 5.91 Å². The number of carbonyl (C=O) groups excluding carboxylic acids is 1. The molecule has 6 heteroatoms. The van der Waals surface area contributed by atoms with E-state index in [1.54, 1.807) is 12.4 Å². The smallest absolute Gasteiger partial charge is 0.255 e. The van der Waals surface area contributed by atoms with Crippen LogP contribution in [-0.2, 0) is 0 Å². The third-order valence-electron chi connectivity index (χ3n) is 6.95. The molecule has 26 heavy (non-hydrogen) atoms. The molecule has 2 atom stereocenters. The first-order valence-electron chi connectivity index (χ1n) is 10.0. The molecule has 4 heterocycles. The minimum atomic E-state index is -0.258. The number of rotatable bonds is 2. The zero-order valence-corrected chi connectivity index (χ0v) is 15.3. The summed E-state index contributed by atoms with van der Waals surface area (Å²) in [6, 6.07) is 4.69. The van der Waals surface area contributed by atoms with E-state index in [9.17, 15) is 9.90 Å². The SMILES string of the molecule is O=C(c1cccnc1)N1CC2CC(O)CN2C2(C1)CN(C1CCCC1)C2. The fraction of sp³-hybridized carbons (Fsp3) is 0.700. The van der Waals surface area contributed by atoms with Gasteiger partial charge in [-0.25, -0.2) is 0 Å². The van der Waals surface area contributed by atoms with Gasteiger partial charge in [0.15, 0.2) is 0 Å². The number of aromatic nitrogens is 1. The normalized spacial score (nSPS) is 32.0. The lowest BCUT2D eigenvalue weighted by molar-refractivity contribution is -0.118. The van der Waals surface area contributed by atoms with Crippen LogP contribution in [0.2, 0.25) is 0 Å². The highest BCUT2D eigenvalue weighted by Gasteiger charge is 2.57. The van der Waals surface area contributed by atoms with Crippen LogP contribution in [0.4, 0.5) is 0 Å². The molecule has 3 saturated heterocycles. The van der Waals surface area contributed by atoms with E-state index in [0.29, 0.717) is 5.56 Å². The van der Waals surface area contributed by atoms with Crippen LogP contribution in [0.5, 0.6) is 0 Å². The maximum Gasteiger partial charge on any atom is 0.255 e. The van der Waals surface area contributed by atoms with Crippen molar-refractivity contribution in [2.24, 2.45) is 0 Å². The van der Waals surface area contributed by atoms with Crippen molar-refractivity contribution in [1.82, 2.24) is 19.7 Å². The molecule has 1 spiro atoms. The molecule has 1 aromatic heterocycles. The highest BCUT2D eigenvalue weighted by Crippen LogP contribution is 2.41. The molecule has 5 rings (SSSR count). The monoisotopic (exact) mass is 356 g/mol. The van der Waals surface area contributed by atoms with E-state index < -0.39 is 0 Å². The van der Waals surface area contributed by atoms with Crippen molar-refractivity contribution in [3.63, 3.8) is 0 Å². The Labute approximate surface area is 154 Å². The molecule has 1 saturated carbocycles. The van der Waals surface area contributed by atoms with E-state index in [1.165, 1.54) is 25.7 Å². The molecule has 140 valence electrons. The standard InChI is InChI=1S/C20H28N4O2/c25-18-8-17-10-22(19(26)15-4-3-7-21-9-15)12-20(24(17)11-18)13-23(14-20)16-5-1-2-6-16/h3-4,7,9,16-18,25H,1-2,5-6,8,10-14H2. The maximum absolute atomic E-state index is 13.0. The molecule has 1 amide bonds. The Hall–Kier alpha value is -1.50. The molecule has 4 fully saturated rings. The van der Waals surface area contributed by atoms with Gasteiger partial charge in [-0.05, 0) is 31.4 Å². The summed E-state index contributed by atoms with van der Waals surface area (Å²) in [5.41, 5.74) is 0.697. The number of β-amino-alcohol motifs (C(OH)–C–C–N with tert-alkyl or cyclic N) is 1. The van der Waals surface area contributed by atoms with Crippen molar-refractivity contribution in [3.05, 3.63) is 30.1 Å². The highest BCUT2D eigenvalue weighted by molar-refractivity contribution is 5.94. The van der Waals surface area contributed by atoms with Crippen molar-refractivity contribution in [2.75, 3.05) is 32.7 Å². The second-order valence-electron chi connectivity index (χ2n) is 8.69. The summed E-state index contributed by atoms with van der Waals surface area (Å²) in [4.78, 5) is 24.3. The van der Waals surface area contributed by atoms with E-state index in [4.69, 9.17) is 0 Å². The number of fused-ring (bicyclic) bond motifs is 2. The number of nitrogens with zero attached hydrogens (tertiary/aromatic N) is 4. The number of piperazine rings is 1. The largest absolute Gasteiger partial charge is 0.392 e. The van der Waals surface area contributed by atoms with Crippen molar-refractivity contribution in [2.45, 2.75) is 55.8 Å².